The third-order valence-electron chi connectivity index (χ3n) is 4.05. The van der Waals surface area contributed by atoms with Crippen LogP contribution in [0.25, 0.3) is 6.08 Å². The van der Waals surface area contributed by atoms with E-state index in [0.29, 0.717) is 5.03 Å². The Kier molecular flexibility index (Phi) is 6.05. The maximum atomic E-state index is 6.25. The second-order valence-corrected chi connectivity index (χ2v) is 6.34. The summed E-state index contributed by atoms with van der Waals surface area (Å²) in [6.45, 7) is 4.91. The van der Waals surface area contributed by atoms with Crippen molar-refractivity contribution in [1.82, 2.24) is 9.91 Å². The molecule has 0 atom stereocenters. The van der Waals surface area contributed by atoms with E-state index < -0.39 is 0 Å². The number of halogens is 1. The number of hydrogen-bond donors (Lipinski definition) is 0. The van der Waals surface area contributed by atoms with Crippen molar-refractivity contribution in [3.8, 4) is 0 Å². The first-order valence-corrected chi connectivity index (χ1v) is 8.65. The van der Waals surface area contributed by atoms with Crippen molar-refractivity contribution in [2.24, 2.45) is 5.10 Å². The maximum absolute atomic E-state index is 6.25. The van der Waals surface area contributed by atoms with E-state index in [0.717, 1.165) is 38.3 Å². The van der Waals surface area contributed by atoms with E-state index in [1.165, 1.54) is 5.56 Å². The predicted octanol–water partition coefficient (Wildman–Crippen LogP) is 4.07. The van der Waals surface area contributed by atoms with Gasteiger partial charge >= 0.3 is 0 Å². The molecule has 2 aromatic carbocycles. The molecule has 3 rings (SSSR count). The van der Waals surface area contributed by atoms with Gasteiger partial charge in [0, 0.05) is 32.7 Å². The highest BCUT2D eigenvalue weighted by atomic mass is 35.5. The van der Waals surface area contributed by atoms with Gasteiger partial charge in [0.25, 0.3) is 0 Å². The molecule has 4 heteroatoms. The molecule has 3 nitrogen and oxygen atoms in total. The Bertz CT molecular complexity index is 675. The van der Waals surface area contributed by atoms with E-state index in [-0.39, 0.29) is 0 Å². The highest BCUT2D eigenvalue weighted by Crippen LogP contribution is 2.11. The van der Waals surface area contributed by atoms with Gasteiger partial charge in [-0.25, -0.2) is 0 Å². The van der Waals surface area contributed by atoms with Gasteiger partial charge < -0.3 is 0 Å². The molecule has 0 amide bonds. The summed E-state index contributed by atoms with van der Waals surface area (Å²) < 4.78 is 0. The van der Waals surface area contributed by atoms with Crippen LogP contribution in [0.2, 0.25) is 0 Å². The van der Waals surface area contributed by atoms with Gasteiger partial charge in [-0.1, -0.05) is 72.3 Å². The van der Waals surface area contributed by atoms with Gasteiger partial charge in [0.1, 0.15) is 0 Å². The molecule has 1 fully saturated rings. The fraction of sp³-hybridized carbons (Fsp3) is 0.250. The van der Waals surface area contributed by atoms with Gasteiger partial charge in [0.05, 0.1) is 11.2 Å². The normalized spacial score (nSPS) is 16.7. The summed E-state index contributed by atoms with van der Waals surface area (Å²) in [6.07, 6.45) is 3.66. The van der Waals surface area contributed by atoms with Crippen molar-refractivity contribution in [1.29, 1.82) is 0 Å². The number of piperazine rings is 1. The van der Waals surface area contributed by atoms with E-state index in [4.69, 9.17) is 11.6 Å². The van der Waals surface area contributed by atoms with Crippen LogP contribution in [0.15, 0.2) is 70.8 Å². The Balaban J connectivity index is 1.47. The zero-order valence-corrected chi connectivity index (χ0v) is 14.4. The molecule has 0 spiro atoms. The summed E-state index contributed by atoms with van der Waals surface area (Å²) in [5.74, 6) is 0. The number of benzene rings is 2. The zero-order chi connectivity index (χ0) is 16.6. The lowest BCUT2D eigenvalue weighted by Gasteiger charge is -2.33. The lowest BCUT2D eigenvalue weighted by Crippen LogP contribution is -2.43. The van der Waals surface area contributed by atoms with Gasteiger partial charge in [0.2, 0.25) is 0 Å². The fourth-order valence-corrected chi connectivity index (χ4v) is 2.90. The monoisotopic (exact) mass is 339 g/mol. The minimum atomic E-state index is 0.646. The molecule has 0 N–H and O–H groups in total. The molecule has 1 heterocycles. The number of nitrogens with zero attached hydrogens (tertiary/aromatic N) is 3. The van der Waals surface area contributed by atoms with Crippen molar-refractivity contribution < 1.29 is 0 Å². The molecular formula is C20H22ClN3. The Morgan fingerprint density at radius 2 is 1.54 bits per heavy atom. The topological polar surface area (TPSA) is 18.8 Å². The van der Waals surface area contributed by atoms with Crippen molar-refractivity contribution in [2.75, 3.05) is 26.2 Å². The Hall–Kier alpha value is -2.10. The molecule has 0 aromatic heterocycles. The minimum absolute atomic E-state index is 0.646. The van der Waals surface area contributed by atoms with Gasteiger partial charge in [-0.2, -0.15) is 5.10 Å². The average Bonchev–Trinajstić information content (AvgIpc) is 2.63. The van der Waals surface area contributed by atoms with E-state index in [9.17, 15) is 0 Å². The van der Waals surface area contributed by atoms with Crippen LogP contribution >= 0.6 is 11.6 Å². The highest BCUT2D eigenvalue weighted by molar-refractivity contribution is 6.41. The van der Waals surface area contributed by atoms with Crippen molar-refractivity contribution in [3.05, 3.63) is 76.8 Å². The molecule has 0 saturated carbocycles. The largest absolute Gasteiger partial charge is 0.295 e. The third kappa shape index (κ3) is 5.22. The van der Waals surface area contributed by atoms with Crippen molar-refractivity contribution >= 4 is 23.9 Å². The van der Waals surface area contributed by atoms with E-state index >= 15 is 0 Å². The third-order valence-corrected chi connectivity index (χ3v) is 4.25. The molecule has 0 aliphatic carbocycles. The summed E-state index contributed by atoms with van der Waals surface area (Å²) in [5.41, 5.74) is 2.45. The minimum Gasteiger partial charge on any atom is -0.295 e. The molecule has 0 unspecified atom stereocenters. The second kappa shape index (κ2) is 8.67. The quantitative estimate of drug-likeness (QED) is 0.765. The summed E-state index contributed by atoms with van der Waals surface area (Å²) in [4.78, 5) is 2.46. The summed E-state index contributed by atoms with van der Waals surface area (Å²) in [7, 11) is 0. The molecule has 1 saturated heterocycles. The second-order valence-electron chi connectivity index (χ2n) is 5.90. The van der Waals surface area contributed by atoms with Crippen LogP contribution in [-0.2, 0) is 6.54 Å². The van der Waals surface area contributed by atoms with E-state index in [1.807, 2.05) is 36.4 Å². The van der Waals surface area contributed by atoms with Crippen LogP contribution in [0.1, 0.15) is 11.1 Å². The fourth-order valence-electron chi connectivity index (χ4n) is 2.74. The van der Waals surface area contributed by atoms with Gasteiger partial charge in [-0.15, -0.1) is 0 Å². The van der Waals surface area contributed by atoms with Gasteiger partial charge in [0.15, 0.2) is 0 Å². The summed E-state index contributed by atoms with van der Waals surface area (Å²) in [5, 5.41) is 7.23. The lowest BCUT2D eigenvalue weighted by molar-refractivity contribution is 0.131. The van der Waals surface area contributed by atoms with Gasteiger partial charge in [-0.05, 0) is 17.2 Å². The first-order chi connectivity index (χ1) is 11.8. The number of hydrogen-bond acceptors (Lipinski definition) is 3. The number of rotatable bonds is 5. The van der Waals surface area contributed by atoms with E-state index in [1.54, 1.807) is 6.21 Å². The number of allylic oxidation sites excluding steroid dienone is 1. The Labute approximate surface area is 148 Å². The molecule has 24 heavy (non-hydrogen) atoms. The van der Waals surface area contributed by atoms with Gasteiger partial charge in [-0.3, -0.25) is 9.91 Å². The zero-order valence-electron chi connectivity index (χ0n) is 13.7. The van der Waals surface area contributed by atoms with Crippen molar-refractivity contribution in [3.63, 3.8) is 0 Å². The molecule has 2 aromatic rings. The van der Waals surface area contributed by atoms with Crippen LogP contribution in [0, 0.1) is 0 Å². The molecule has 0 bridgehead atoms. The van der Waals surface area contributed by atoms with Crippen molar-refractivity contribution in [2.45, 2.75) is 6.54 Å². The summed E-state index contributed by atoms with van der Waals surface area (Å²) in [6, 6.07) is 20.7. The van der Waals surface area contributed by atoms with E-state index in [2.05, 4.69) is 45.3 Å². The molecule has 0 radical (unpaired) electrons. The SMILES string of the molecule is Cl/C(C=NN1CCN(Cc2ccccc2)CC1)=C\c1ccccc1. The summed E-state index contributed by atoms with van der Waals surface area (Å²) >= 11 is 6.25. The standard InChI is InChI=1S/C20H22ClN3/c21-20(15-18-7-3-1-4-8-18)16-22-24-13-11-23(12-14-24)17-19-9-5-2-6-10-19/h1-10,15-16H,11-14,17H2/b20-15-,22-16?. The maximum Gasteiger partial charge on any atom is 0.0657 e. The Morgan fingerprint density at radius 3 is 2.21 bits per heavy atom. The lowest BCUT2D eigenvalue weighted by atomic mass is 10.2. The van der Waals surface area contributed by atoms with Crippen LogP contribution < -0.4 is 0 Å². The Morgan fingerprint density at radius 1 is 0.917 bits per heavy atom. The van der Waals surface area contributed by atoms with Crippen LogP contribution in [0.5, 0.6) is 0 Å². The smallest absolute Gasteiger partial charge is 0.0657 e. The average molecular weight is 340 g/mol. The first-order valence-electron chi connectivity index (χ1n) is 8.27. The van der Waals surface area contributed by atoms with Crippen LogP contribution in [-0.4, -0.2) is 42.3 Å². The molecule has 1 aliphatic rings. The number of hydrazone groups is 1. The molecule has 1 aliphatic heterocycles. The predicted molar refractivity (Wildman–Crippen MR) is 102 cm³/mol. The van der Waals surface area contributed by atoms with Crippen LogP contribution in [0.3, 0.4) is 0 Å². The molecule has 124 valence electrons. The van der Waals surface area contributed by atoms with Crippen LogP contribution in [0.4, 0.5) is 0 Å². The first kappa shape index (κ1) is 16.7. The highest BCUT2D eigenvalue weighted by Gasteiger charge is 2.15. The molecular weight excluding hydrogens is 318 g/mol.